The summed E-state index contributed by atoms with van der Waals surface area (Å²) in [7, 11) is 1.65. The summed E-state index contributed by atoms with van der Waals surface area (Å²) in [5.41, 5.74) is 5.46. The molecule has 21 heavy (non-hydrogen) atoms. The van der Waals surface area contributed by atoms with E-state index in [0.29, 0.717) is 0 Å². The number of H-pyrrole nitrogens is 1. The number of nitrogens with one attached hydrogen (secondary N) is 1. The summed E-state index contributed by atoms with van der Waals surface area (Å²) >= 11 is 0. The lowest BCUT2D eigenvalue weighted by Gasteiger charge is -2.07. The van der Waals surface area contributed by atoms with Gasteiger partial charge >= 0.3 is 0 Å². The van der Waals surface area contributed by atoms with Crippen LogP contribution in [0.5, 0.6) is 5.75 Å². The van der Waals surface area contributed by atoms with Crippen molar-refractivity contribution in [1.29, 1.82) is 0 Å². The lowest BCUT2D eigenvalue weighted by atomic mass is 10.1. The van der Waals surface area contributed by atoms with E-state index in [9.17, 15) is 0 Å². The fourth-order valence-corrected chi connectivity index (χ4v) is 2.39. The molecule has 0 bridgehead atoms. The molecule has 0 saturated carbocycles. The third-order valence-electron chi connectivity index (χ3n) is 3.43. The fourth-order valence-electron chi connectivity index (χ4n) is 2.39. The van der Waals surface area contributed by atoms with Gasteiger partial charge in [0.25, 0.3) is 0 Å². The van der Waals surface area contributed by atoms with Gasteiger partial charge in [0.2, 0.25) is 0 Å². The van der Waals surface area contributed by atoms with Gasteiger partial charge in [0.15, 0.2) is 0 Å². The number of aryl methyl sites for hydroxylation is 2. The van der Waals surface area contributed by atoms with E-state index in [0.717, 1.165) is 39.7 Å². The maximum atomic E-state index is 5.36. The van der Waals surface area contributed by atoms with Gasteiger partial charge in [-0.05, 0) is 38.1 Å². The zero-order valence-corrected chi connectivity index (χ0v) is 12.2. The Bertz CT molecular complexity index is 743. The first-order chi connectivity index (χ1) is 10.2. The summed E-state index contributed by atoms with van der Waals surface area (Å²) in [5, 5.41) is 15.8. The molecule has 3 aromatic rings. The summed E-state index contributed by atoms with van der Waals surface area (Å²) in [6, 6.07) is 11.7. The van der Waals surface area contributed by atoms with Crippen LogP contribution in [0.1, 0.15) is 11.4 Å². The van der Waals surface area contributed by atoms with Crippen molar-refractivity contribution >= 4 is 0 Å². The summed E-state index contributed by atoms with van der Waals surface area (Å²) in [4.78, 5) is 0. The largest absolute Gasteiger partial charge is 0.496 e. The lowest BCUT2D eigenvalue weighted by Crippen LogP contribution is -1.94. The number of aromatic amines is 1. The Kier molecular flexibility index (Phi) is 3.39. The fraction of sp³-hybridized carbons (Fsp3) is 0.188. The van der Waals surface area contributed by atoms with Crippen LogP contribution in [0.2, 0.25) is 0 Å². The summed E-state index contributed by atoms with van der Waals surface area (Å²) in [6.45, 7) is 3.93. The van der Waals surface area contributed by atoms with Crippen LogP contribution < -0.4 is 4.74 Å². The summed E-state index contributed by atoms with van der Waals surface area (Å²) in [5.74, 6) is 0.787. The minimum atomic E-state index is 0.787. The molecule has 2 aromatic heterocycles. The van der Waals surface area contributed by atoms with Crippen molar-refractivity contribution in [2.45, 2.75) is 13.8 Å². The SMILES string of the molecule is COc1ccccc1-c1ccc(-c2c(C)n[nH]c2C)nn1. The third-order valence-corrected chi connectivity index (χ3v) is 3.43. The van der Waals surface area contributed by atoms with Gasteiger partial charge in [-0.25, -0.2) is 0 Å². The highest BCUT2D eigenvalue weighted by Gasteiger charge is 2.12. The molecule has 2 heterocycles. The normalized spacial score (nSPS) is 10.6. The molecule has 5 nitrogen and oxygen atoms in total. The van der Waals surface area contributed by atoms with E-state index in [1.807, 2.05) is 50.2 Å². The number of rotatable bonds is 3. The molecule has 0 aliphatic heterocycles. The average Bonchev–Trinajstić information content (AvgIpc) is 2.86. The second-order valence-corrected chi connectivity index (χ2v) is 4.81. The van der Waals surface area contributed by atoms with Crippen LogP contribution in [0.15, 0.2) is 36.4 Å². The van der Waals surface area contributed by atoms with Gasteiger partial charge in [0.1, 0.15) is 5.75 Å². The standard InChI is InChI=1S/C16H16N4O/c1-10-16(11(2)18-17-10)14-9-8-13(19-20-14)12-6-4-5-7-15(12)21-3/h4-9H,1-3H3,(H,17,18). The number of hydrogen-bond donors (Lipinski definition) is 1. The second kappa shape index (κ2) is 5.36. The predicted octanol–water partition coefficient (Wildman–Crippen LogP) is 3.16. The monoisotopic (exact) mass is 280 g/mol. The molecule has 0 aliphatic rings. The van der Waals surface area contributed by atoms with Crippen LogP contribution in [0.25, 0.3) is 22.5 Å². The molecule has 0 atom stereocenters. The number of hydrogen-bond acceptors (Lipinski definition) is 4. The maximum Gasteiger partial charge on any atom is 0.128 e. The van der Waals surface area contributed by atoms with Gasteiger partial charge in [-0.3, -0.25) is 5.10 Å². The van der Waals surface area contributed by atoms with Crippen molar-refractivity contribution in [3.63, 3.8) is 0 Å². The van der Waals surface area contributed by atoms with E-state index in [-0.39, 0.29) is 0 Å². The quantitative estimate of drug-likeness (QED) is 0.800. The Balaban J connectivity index is 2.02. The number of aromatic nitrogens is 4. The van der Waals surface area contributed by atoms with E-state index in [2.05, 4.69) is 20.4 Å². The first-order valence-corrected chi connectivity index (χ1v) is 6.69. The van der Waals surface area contributed by atoms with Gasteiger partial charge in [-0.2, -0.15) is 5.10 Å². The molecular formula is C16H16N4O. The molecular weight excluding hydrogens is 264 g/mol. The maximum absolute atomic E-state index is 5.36. The minimum absolute atomic E-state index is 0.787. The third kappa shape index (κ3) is 2.38. The molecule has 106 valence electrons. The zero-order valence-electron chi connectivity index (χ0n) is 12.2. The molecule has 0 fully saturated rings. The van der Waals surface area contributed by atoms with Gasteiger partial charge in [-0.15, -0.1) is 10.2 Å². The average molecular weight is 280 g/mol. The minimum Gasteiger partial charge on any atom is -0.496 e. The molecule has 0 radical (unpaired) electrons. The molecule has 3 rings (SSSR count). The predicted molar refractivity (Wildman–Crippen MR) is 81.1 cm³/mol. The van der Waals surface area contributed by atoms with Crippen molar-refractivity contribution in [3.8, 4) is 28.3 Å². The Morgan fingerprint density at radius 2 is 1.67 bits per heavy atom. The van der Waals surface area contributed by atoms with Crippen LogP contribution in [-0.4, -0.2) is 27.5 Å². The van der Waals surface area contributed by atoms with Gasteiger partial charge in [-0.1, -0.05) is 12.1 Å². The van der Waals surface area contributed by atoms with E-state index in [4.69, 9.17) is 4.74 Å². The number of para-hydroxylation sites is 1. The smallest absolute Gasteiger partial charge is 0.128 e. The van der Waals surface area contributed by atoms with Crippen LogP contribution in [-0.2, 0) is 0 Å². The first kappa shape index (κ1) is 13.3. The number of benzene rings is 1. The van der Waals surface area contributed by atoms with Crippen molar-refractivity contribution in [2.24, 2.45) is 0 Å². The highest BCUT2D eigenvalue weighted by molar-refractivity contribution is 5.69. The van der Waals surface area contributed by atoms with Crippen LogP contribution in [0.3, 0.4) is 0 Å². The van der Waals surface area contributed by atoms with Crippen molar-refractivity contribution < 1.29 is 4.74 Å². The Labute approximate surface area is 123 Å². The molecule has 1 N–H and O–H groups in total. The highest BCUT2D eigenvalue weighted by Crippen LogP contribution is 2.29. The molecule has 5 heteroatoms. The first-order valence-electron chi connectivity index (χ1n) is 6.69. The Morgan fingerprint density at radius 1 is 0.952 bits per heavy atom. The highest BCUT2D eigenvalue weighted by atomic mass is 16.5. The molecule has 0 unspecified atom stereocenters. The molecule has 0 saturated heterocycles. The molecule has 0 aliphatic carbocycles. The molecule has 0 spiro atoms. The van der Waals surface area contributed by atoms with Crippen molar-refractivity contribution in [1.82, 2.24) is 20.4 Å². The number of nitrogens with zero attached hydrogens (tertiary/aromatic N) is 3. The molecule has 0 amide bonds. The summed E-state index contributed by atoms with van der Waals surface area (Å²) in [6.07, 6.45) is 0. The van der Waals surface area contributed by atoms with Crippen LogP contribution >= 0.6 is 0 Å². The van der Waals surface area contributed by atoms with Gasteiger partial charge in [0.05, 0.1) is 24.2 Å². The Morgan fingerprint density at radius 3 is 2.29 bits per heavy atom. The van der Waals surface area contributed by atoms with E-state index in [1.54, 1.807) is 7.11 Å². The summed E-state index contributed by atoms with van der Waals surface area (Å²) < 4.78 is 5.36. The van der Waals surface area contributed by atoms with Gasteiger partial charge < -0.3 is 4.74 Å². The van der Waals surface area contributed by atoms with E-state index < -0.39 is 0 Å². The second-order valence-electron chi connectivity index (χ2n) is 4.81. The number of ether oxygens (including phenoxy) is 1. The lowest BCUT2D eigenvalue weighted by molar-refractivity contribution is 0.416. The van der Waals surface area contributed by atoms with Gasteiger partial charge in [0, 0.05) is 16.8 Å². The van der Waals surface area contributed by atoms with Crippen molar-refractivity contribution in [2.75, 3.05) is 7.11 Å². The van der Waals surface area contributed by atoms with Crippen LogP contribution in [0, 0.1) is 13.8 Å². The topological polar surface area (TPSA) is 63.7 Å². The van der Waals surface area contributed by atoms with E-state index in [1.165, 1.54) is 0 Å². The van der Waals surface area contributed by atoms with E-state index >= 15 is 0 Å². The van der Waals surface area contributed by atoms with Crippen LogP contribution in [0.4, 0.5) is 0 Å². The Hall–Kier alpha value is -2.69. The number of methoxy groups -OCH3 is 1. The van der Waals surface area contributed by atoms with Crippen molar-refractivity contribution in [3.05, 3.63) is 47.8 Å². The molecule has 1 aromatic carbocycles. The zero-order chi connectivity index (χ0) is 14.8.